The number of anilines is 1. The molecule has 7 aliphatic rings. The summed E-state index contributed by atoms with van der Waals surface area (Å²) in [6.07, 6.45) is 18.6. The van der Waals surface area contributed by atoms with E-state index in [2.05, 4.69) is 256 Å². The summed E-state index contributed by atoms with van der Waals surface area (Å²) < 4.78 is 117. The highest BCUT2D eigenvalue weighted by Gasteiger charge is 2.67. The van der Waals surface area contributed by atoms with Gasteiger partial charge in [-0.3, -0.25) is 38.9 Å². The van der Waals surface area contributed by atoms with Gasteiger partial charge in [-0.05, 0) is 282 Å². The number of benzene rings is 2. The summed E-state index contributed by atoms with van der Waals surface area (Å²) in [5.41, 5.74) is -0.507. The number of aliphatic hydroxyl groups is 1. The van der Waals surface area contributed by atoms with E-state index in [1.807, 2.05) is 37.4 Å². The molecule has 0 atom stereocenters. The maximum atomic E-state index is 12.1. The number of nitrogens with zero attached hydrogens (tertiary/aromatic N) is 7. The molecule has 7 heterocycles. The van der Waals surface area contributed by atoms with Crippen molar-refractivity contribution in [3.63, 3.8) is 0 Å². The fourth-order valence-electron chi connectivity index (χ4n) is 17.3. The highest BCUT2D eigenvalue weighted by Crippen LogP contribution is 2.48. The number of carbonyl (C=O) groups excluding carboxylic acids is 2. The Morgan fingerprint density at radius 1 is 0.450 bits per heavy atom. The quantitative estimate of drug-likeness (QED) is 0.124. The molecule has 9 rings (SSSR count). The lowest BCUT2D eigenvalue weighted by Gasteiger charge is -2.55. The number of piperidine rings is 6. The highest BCUT2D eigenvalue weighted by atomic mass is 32.3. The number of carbonyl (C=O) groups is 2. The lowest BCUT2D eigenvalue weighted by atomic mass is 9.74. The zero-order valence-electron chi connectivity index (χ0n) is 73.0. The number of rotatable bonds is 13. The largest absolute Gasteiger partial charge is 0.571 e. The molecule has 0 aromatic heterocycles. The van der Waals surface area contributed by atoms with E-state index < -0.39 is 49.1 Å². The fourth-order valence-corrected chi connectivity index (χ4v) is 19.3. The van der Waals surface area contributed by atoms with E-state index in [1.165, 1.54) is 4.58 Å². The molecule has 0 unspecified atom stereocenters. The van der Waals surface area contributed by atoms with Crippen molar-refractivity contribution >= 4 is 55.2 Å². The molecule has 27 nitrogen and oxygen atoms in total. The molecule has 7 aliphatic heterocycles. The van der Waals surface area contributed by atoms with Gasteiger partial charge >= 0.3 is 55.2 Å². The first kappa shape index (κ1) is 97.8. The zero-order chi connectivity index (χ0) is 85.6. The summed E-state index contributed by atoms with van der Waals surface area (Å²) in [7, 11) is 3.21. The summed E-state index contributed by atoms with van der Waals surface area (Å²) in [6, 6.07) is 20.3. The van der Waals surface area contributed by atoms with Crippen LogP contribution in [0.3, 0.4) is 0 Å². The predicted molar refractivity (Wildman–Crippen MR) is 445 cm³/mol. The Kier molecular flexibility index (Phi) is 31.6. The third kappa shape index (κ3) is 26.7. The normalized spacial score (nSPS) is 24.6. The molecule has 0 bridgehead atoms. The monoisotopic (exact) mass is 1630 g/mol. The minimum atomic E-state index is -4.10. The molecule has 6 saturated heterocycles. The van der Waals surface area contributed by atoms with Crippen LogP contribution in [0.5, 0.6) is 5.75 Å². The highest BCUT2D eigenvalue weighted by molar-refractivity contribution is 7.82. The van der Waals surface area contributed by atoms with E-state index in [4.69, 9.17) is 43.8 Å². The Hall–Kier alpha value is -5.58. The molecule has 1 spiro atoms. The van der Waals surface area contributed by atoms with Crippen LogP contribution in [0.15, 0.2) is 60.7 Å². The zero-order valence-corrected chi connectivity index (χ0v) is 75.5. The molecule has 642 valence electrons. The summed E-state index contributed by atoms with van der Waals surface area (Å²) in [4.78, 5) is 37.1. The Balaban J connectivity index is 0.00000135. The van der Waals surface area contributed by atoms with Crippen LogP contribution in [0.1, 0.15) is 249 Å². The summed E-state index contributed by atoms with van der Waals surface area (Å²) in [6.45, 7) is 51.1. The number of likely N-dealkylation sites (tertiary alicyclic amines) is 6. The number of para-hydroxylation sites is 2. The van der Waals surface area contributed by atoms with Crippen LogP contribution >= 0.6 is 0 Å². The molecule has 0 saturated carbocycles. The molecular formula is C81H148N9O18S3+. The SMILES string of the molecule is C#COS(=O)(=O)OC1CC(C)(C)N(C)C(C)(C)C1.C#C[N+]1=C(O)OC12CC(C)(C)N(C)C(C)(C)C2.CN1C(C)(C)CC(OC(=O)Nc2ccccc2)CC1(C)C.CN1C(C)(C)CC(OS(=O)(=O)Oc2ccccc2)CC1(C)C.CNC(=O)OC1CC(C)(C)N(C)C(C)(C)C1.COS(=O)(=O)OC1CC(C)(C)N(C)C(C)(C)C1.[HH].[HH].[HH].[HH]. The van der Waals surface area contributed by atoms with Gasteiger partial charge < -0.3 is 33.0 Å². The van der Waals surface area contributed by atoms with Crippen molar-refractivity contribution in [3.05, 3.63) is 60.7 Å². The second kappa shape index (κ2) is 35.9. The van der Waals surface area contributed by atoms with Crippen LogP contribution < -0.4 is 14.8 Å². The van der Waals surface area contributed by atoms with Crippen molar-refractivity contribution in [2.24, 2.45) is 0 Å². The number of ether oxygens (including phenoxy) is 3. The van der Waals surface area contributed by atoms with E-state index in [0.29, 0.717) is 38.5 Å². The first-order chi connectivity index (χ1) is 50.1. The Bertz CT molecular complexity index is 3840. The van der Waals surface area contributed by atoms with Gasteiger partial charge in [0.2, 0.25) is 6.04 Å². The number of hydrogen-bond donors (Lipinski definition) is 3. The Labute approximate surface area is 675 Å². The summed E-state index contributed by atoms with van der Waals surface area (Å²) >= 11 is 0. The van der Waals surface area contributed by atoms with Gasteiger partial charge in [-0.25, -0.2) is 22.1 Å². The predicted octanol–water partition coefficient (Wildman–Crippen LogP) is 14.4. The van der Waals surface area contributed by atoms with Gasteiger partial charge in [-0.2, -0.15) is 25.3 Å². The molecule has 2 aromatic rings. The van der Waals surface area contributed by atoms with E-state index in [0.717, 1.165) is 51.3 Å². The second-order valence-corrected chi connectivity index (χ2v) is 41.9. The Morgan fingerprint density at radius 2 is 0.730 bits per heavy atom. The van der Waals surface area contributed by atoms with E-state index in [-0.39, 0.29) is 115 Å². The van der Waals surface area contributed by atoms with Gasteiger partial charge in [-0.1, -0.05) is 42.8 Å². The second-order valence-electron chi connectivity index (χ2n) is 38.2. The van der Waals surface area contributed by atoms with Gasteiger partial charge in [0.1, 0.15) is 24.1 Å². The molecule has 30 heteroatoms. The van der Waals surface area contributed by atoms with E-state index in [9.17, 15) is 39.9 Å². The third-order valence-corrected chi connectivity index (χ3v) is 27.1. The van der Waals surface area contributed by atoms with Crippen molar-refractivity contribution < 1.29 is 89.5 Å². The van der Waals surface area contributed by atoms with Crippen molar-refractivity contribution in [3.8, 4) is 30.7 Å². The Morgan fingerprint density at radius 3 is 1.02 bits per heavy atom. The van der Waals surface area contributed by atoms with Gasteiger partial charge in [0.25, 0.3) is 0 Å². The molecule has 2 amide bonds. The number of aliphatic hydroxyl groups excluding tert-OH is 1. The van der Waals surface area contributed by atoms with Crippen LogP contribution in [-0.2, 0) is 66.3 Å². The van der Waals surface area contributed by atoms with Crippen molar-refractivity contribution in [2.45, 2.75) is 346 Å². The molecule has 3 N–H and O–H groups in total. The van der Waals surface area contributed by atoms with Crippen molar-refractivity contribution in [1.29, 1.82) is 0 Å². The van der Waals surface area contributed by atoms with E-state index >= 15 is 0 Å². The third-order valence-electron chi connectivity index (χ3n) is 24.4. The minimum Gasteiger partial charge on any atom is -0.446 e. The molecule has 2 aromatic carbocycles. The lowest BCUT2D eigenvalue weighted by Crippen LogP contribution is -2.71. The smallest absolute Gasteiger partial charge is 0.446 e. The number of amides is 2. The summed E-state index contributed by atoms with van der Waals surface area (Å²) in [5, 5.41) is 14.8. The number of terminal acetylenes is 2. The molecule has 0 radical (unpaired) electrons. The minimum absolute atomic E-state index is 0. The molecule has 111 heavy (non-hydrogen) atoms. The van der Waals surface area contributed by atoms with Crippen LogP contribution in [0.25, 0.3) is 0 Å². The van der Waals surface area contributed by atoms with Crippen LogP contribution in [0.2, 0.25) is 0 Å². The van der Waals surface area contributed by atoms with Crippen LogP contribution in [0, 0.1) is 25.0 Å². The fraction of sp³-hybridized carbons (Fsp3) is 0.765. The van der Waals surface area contributed by atoms with E-state index in [1.54, 1.807) is 43.5 Å². The molecule has 6 fully saturated rings. The van der Waals surface area contributed by atoms with Gasteiger partial charge in [0.15, 0.2) is 0 Å². The number of alkyl carbamates (subject to hydrolysis) is 1. The van der Waals surface area contributed by atoms with Gasteiger partial charge in [0, 0.05) is 111 Å². The first-order valence-electron chi connectivity index (χ1n) is 38.2. The molecular weight excluding hydrogens is 1480 g/mol. The van der Waals surface area contributed by atoms with Crippen molar-refractivity contribution in [1.82, 2.24) is 34.7 Å². The van der Waals surface area contributed by atoms with Gasteiger partial charge in [0.05, 0.1) is 38.3 Å². The number of nitrogens with one attached hydrogen (secondary N) is 2. The van der Waals surface area contributed by atoms with Gasteiger partial charge in [-0.15, -0.1) is 0 Å². The number of hydrogen-bond acceptors (Lipinski definition) is 23. The average molecular weight is 1630 g/mol. The maximum Gasteiger partial charge on any atom is 0.571 e. The van der Waals surface area contributed by atoms with Crippen LogP contribution in [0.4, 0.5) is 15.3 Å². The summed E-state index contributed by atoms with van der Waals surface area (Å²) in [5.74, 6) is 0.258. The lowest BCUT2D eigenvalue weighted by molar-refractivity contribution is -0.669. The molecule has 0 aliphatic carbocycles. The standard InChI is InChI=1S/C17H26N2O2.C16H25NO4S.C13H20N2O2.C12H24N2O2.C12H21NO4S.C11H23NO4S.4H2/c1-16(2)11-14(12-17(3,4)19(16)5)21-15(20)18-13-9-7-6-8-10-13;1-15(2)11-14(12-16(3,4)17(15)5)21-22(18,19)20-13-9-7-6-8-10-13;1-7-15-10(16)17-13(15)8-11(2,3)14(6)12(4,5)9-13;1-11(2)7-9(16-10(15)13-5)8-12(3,4)14(11)6;1-7-16-18(14,15)17-10-8-11(2,3)13(6)12(4,5)9-10;1-10(2)7-9(16-17(13,14)15-6)8-11(3,4)12(10)5;;;;/h6-10,14H,11-12H2,1-5H3,(H,18,20);6-10,14H,11-12H2,1-5H3;1H,8-9H2,2-6H3;9H,7-8H2,1-6H3,(H,13,15);1,10H,8-9H2,2-6H3;9H,7-8H2,1-6H3;4*1H/p+1. The average Bonchev–Trinajstić information content (AvgIpc) is 0.710. The maximum absolute atomic E-state index is 12.1. The van der Waals surface area contributed by atoms with Crippen LogP contribution in [-0.4, -0.2) is 242 Å². The topological polar surface area (TPSA) is 286 Å². The first-order valence-corrected chi connectivity index (χ1v) is 42.2. The van der Waals surface area contributed by atoms with Crippen molar-refractivity contribution in [2.75, 3.05) is 61.8 Å².